The van der Waals surface area contributed by atoms with E-state index in [2.05, 4.69) is 13.5 Å². The summed E-state index contributed by atoms with van der Waals surface area (Å²) in [4.78, 5) is 10.8. The second-order valence-electron chi connectivity index (χ2n) is 4.33. The highest BCUT2D eigenvalue weighted by Crippen LogP contribution is 2.10. The van der Waals surface area contributed by atoms with Gasteiger partial charge in [0.1, 0.15) is 0 Å². The Morgan fingerprint density at radius 2 is 2.06 bits per heavy atom. The van der Waals surface area contributed by atoms with E-state index in [0.717, 1.165) is 19.1 Å². The highest BCUT2D eigenvalue weighted by atomic mass is 28.3. The third-order valence-corrected chi connectivity index (χ3v) is 6.19. The van der Waals surface area contributed by atoms with E-state index in [-0.39, 0.29) is 5.97 Å². The number of carbonyl (C=O) groups excluding carboxylic acids is 1. The Kier molecular flexibility index (Phi) is 11.4. The number of ether oxygens (including phenoxy) is 2. The Morgan fingerprint density at radius 3 is 2.65 bits per heavy atom. The van der Waals surface area contributed by atoms with Gasteiger partial charge < -0.3 is 9.47 Å². The van der Waals surface area contributed by atoms with Gasteiger partial charge in [0.15, 0.2) is 0 Å². The van der Waals surface area contributed by atoms with Crippen LogP contribution < -0.4 is 0 Å². The average Bonchev–Trinajstić information content (AvgIpc) is 2.33. The van der Waals surface area contributed by atoms with Gasteiger partial charge >= 0.3 is 5.97 Å². The Labute approximate surface area is 107 Å². The molecule has 0 aliphatic heterocycles. The molecule has 100 valence electrons. The number of hydrogen-bond acceptors (Lipinski definition) is 3. The first-order valence-electron chi connectivity index (χ1n) is 6.52. The molecule has 0 spiro atoms. The second-order valence-corrected chi connectivity index (χ2v) is 7.55. The van der Waals surface area contributed by atoms with E-state index in [1.165, 1.54) is 31.0 Å². The number of esters is 1. The third kappa shape index (κ3) is 10.3. The van der Waals surface area contributed by atoms with Crippen molar-refractivity contribution in [2.45, 2.75) is 44.7 Å². The zero-order valence-electron chi connectivity index (χ0n) is 11.2. The molecule has 0 rings (SSSR count). The molecule has 0 radical (unpaired) electrons. The molecule has 0 aliphatic carbocycles. The predicted octanol–water partition coefficient (Wildman–Crippen LogP) is 2.71. The fourth-order valence-corrected chi connectivity index (χ4v) is 4.67. The van der Waals surface area contributed by atoms with Crippen molar-refractivity contribution >= 4 is 14.8 Å². The van der Waals surface area contributed by atoms with E-state index in [9.17, 15) is 4.79 Å². The number of hydrogen-bond donors (Lipinski definition) is 0. The fraction of sp³-hybridized carbons (Fsp3) is 0.769. The molecular formula is C13H26O3Si. The van der Waals surface area contributed by atoms with E-state index < -0.39 is 8.80 Å². The summed E-state index contributed by atoms with van der Waals surface area (Å²) >= 11 is 0. The minimum atomic E-state index is -0.657. The lowest BCUT2D eigenvalue weighted by atomic mass is 10.3. The smallest absolute Gasteiger partial charge is 0.330 e. The molecule has 1 atom stereocenters. The van der Waals surface area contributed by atoms with Crippen molar-refractivity contribution in [3.05, 3.63) is 12.7 Å². The van der Waals surface area contributed by atoms with Crippen molar-refractivity contribution in [1.82, 2.24) is 0 Å². The van der Waals surface area contributed by atoms with Crippen LogP contribution in [0.25, 0.3) is 0 Å². The zero-order valence-corrected chi connectivity index (χ0v) is 12.4. The van der Waals surface area contributed by atoms with Crippen LogP contribution in [-0.4, -0.2) is 34.7 Å². The minimum absolute atomic E-state index is 0.317. The van der Waals surface area contributed by atoms with Crippen molar-refractivity contribution < 1.29 is 14.3 Å². The summed E-state index contributed by atoms with van der Waals surface area (Å²) in [6, 6.07) is 2.72. The Bertz CT molecular complexity index is 201. The predicted molar refractivity (Wildman–Crippen MR) is 73.9 cm³/mol. The summed E-state index contributed by atoms with van der Waals surface area (Å²) in [6.07, 6.45) is 6.83. The van der Waals surface area contributed by atoms with Crippen molar-refractivity contribution in [3.8, 4) is 0 Å². The Hall–Kier alpha value is -0.613. The van der Waals surface area contributed by atoms with Crippen molar-refractivity contribution in [1.29, 1.82) is 0 Å². The molecule has 0 heterocycles. The zero-order chi connectivity index (χ0) is 12.9. The van der Waals surface area contributed by atoms with Crippen LogP contribution in [0.1, 0.15) is 32.6 Å². The SMILES string of the molecule is C=CC(=O)OCCCCC[SiH](CCC)COC. The molecule has 0 aromatic heterocycles. The second kappa shape index (κ2) is 11.9. The minimum Gasteiger partial charge on any atom is -0.463 e. The summed E-state index contributed by atoms with van der Waals surface area (Å²) in [5, 5.41) is 0. The van der Waals surface area contributed by atoms with Gasteiger partial charge in [-0.25, -0.2) is 4.79 Å². The van der Waals surface area contributed by atoms with Crippen LogP contribution in [0.5, 0.6) is 0 Å². The third-order valence-electron chi connectivity index (χ3n) is 2.77. The summed E-state index contributed by atoms with van der Waals surface area (Å²) in [5.74, 6) is -0.317. The maximum Gasteiger partial charge on any atom is 0.330 e. The lowest BCUT2D eigenvalue weighted by Gasteiger charge is -2.12. The molecule has 0 N–H and O–H groups in total. The normalized spacial score (nSPS) is 12.1. The maximum atomic E-state index is 10.8. The first-order valence-corrected chi connectivity index (χ1v) is 8.97. The highest BCUT2D eigenvalue weighted by molar-refractivity contribution is 6.58. The first kappa shape index (κ1) is 16.4. The van der Waals surface area contributed by atoms with Gasteiger partial charge in [-0.1, -0.05) is 44.9 Å². The van der Waals surface area contributed by atoms with Crippen LogP contribution in [0, 0.1) is 0 Å². The number of carbonyl (C=O) groups is 1. The fourth-order valence-electron chi connectivity index (χ4n) is 1.90. The molecular weight excluding hydrogens is 232 g/mol. The monoisotopic (exact) mass is 258 g/mol. The van der Waals surface area contributed by atoms with Crippen LogP contribution in [-0.2, 0) is 14.3 Å². The average molecular weight is 258 g/mol. The van der Waals surface area contributed by atoms with E-state index in [0.29, 0.717) is 6.61 Å². The molecule has 0 fully saturated rings. The van der Waals surface area contributed by atoms with E-state index >= 15 is 0 Å². The van der Waals surface area contributed by atoms with Gasteiger partial charge in [-0.15, -0.1) is 0 Å². The molecule has 1 unspecified atom stereocenters. The molecule has 0 saturated heterocycles. The first-order chi connectivity index (χ1) is 8.24. The molecule has 0 amide bonds. The van der Waals surface area contributed by atoms with Gasteiger partial charge in [-0.2, -0.15) is 0 Å². The van der Waals surface area contributed by atoms with Crippen LogP contribution in [0.2, 0.25) is 12.1 Å². The highest BCUT2D eigenvalue weighted by Gasteiger charge is 2.08. The van der Waals surface area contributed by atoms with Gasteiger partial charge in [-0.05, 0) is 6.42 Å². The Morgan fingerprint density at radius 1 is 1.29 bits per heavy atom. The quantitative estimate of drug-likeness (QED) is 0.247. The number of unbranched alkanes of at least 4 members (excludes halogenated alkanes) is 2. The van der Waals surface area contributed by atoms with Crippen molar-refractivity contribution in [2.75, 3.05) is 19.9 Å². The molecule has 3 nitrogen and oxygen atoms in total. The van der Waals surface area contributed by atoms with Gasteiger partial charge in [-0.3, -0.25) is 0 Å². The van der Waals surface area contributed by atoms with Crippen LogP contribution in [0.4, 0.5) is 0 Å². The summed E-state index contributed by atoms with van der Waals surface area (Å²) in [6.45, 7) is 6.12. The molecule has 0 aromatic rings. The molecule has 0 saturated carbocycles. The van der Waals surface area contributed by atoms with Crippen LogP contribution in [0.3, 0.4) is 0 Å². The molecule has 0 aromatic carbocycles. The molecule has 4 heteroatoms. The van der Waals surface area contributed by atoms with Gasteiger partial charge in [0, 0.05) is 19.4 Å². The van der Waals surface area contributed by atoms with Crippen LogP contribution >= 0.6 is 0 Å². The maximum absolute atomic E-state index is 10.8. The lowest BCUT2D eigenvalue weighted by Crippen LogP contribution is -2.19. The van der Waals surface area contributed by atoms with Gasteiger partial charge in [0.25, 0.3) is 0 Å². The number of rotatable bonds is 11. The summed E-state index contributed by atoms with van der Waals surface area (Å²) in [5.41, 5.74) is 0. The van der Waals surface area contributed by atoms with E-state index in [4.69, 9.17) is 9.47 Å². The van der Waals surface area contributed by atoms with Crippen molar-refractivity contribution in [2.24, 2.45) is 0 Å². The van der Waals surface area contributed by atoms with Gasteiger partial charge in [0.05, 0.1) is 15.4 Å². The van der Waals surface area contributed by atoms with Gasteiger partial charge in [0.2, 0.25) is 0 Å². The summed E-state index contributed by atoms with van der Waals surface area (Å²) in [7, 11) is 1.14. The summed E-state index contributed by atoms with van der Waals surface area (Å²) < 4.78 is 10.2. The lowest BCUT2D eigenvalue weighted by molar-refractivity contribution is -0.137. The number of methoxy groups -OCH3 is 1. The van der Waals surface area contributed by atoms with Crippen molar-refractivity contribution in [3.63, 3.8) is 0 Å². The van der Waals surface area contributed by atoms with E-state index in [1.807, 2.05) is 0 Å². The molecule has 0 bridgehead atoms. The topological polar surface area (TPSA) is 35.5 Å². The Balaban J connectivity index is 3.41. The standard InChI is InChI=1S/C13H26O3Si/c1-4-10-17(12-15-3)11-8-6-7-9-16-13(14)5-2/h5,17H,2,4,6-12H2,1,3H3. The van der Waals surface area contributed by atoms with E-state index in [1.54, 1.807) is 7.11 Å². The molecule has 17 heavy (non-hydrogen) atoms. The molecule has 0 aliphatic rings. The van der Waals surface area contributed by atoms with Crippen LogP contribution in [0.15, 0.2) is 12.7 Å². The largest absolute Gasteiger partial charge is 0.463 e.